The van der Waals surface area contributed by atoms with E-state index in [9.17, 15) is 10.1 Å². The van der Waals surface area contributed by atoms with Gasteiger partial charge < -0.3 is 5.32 Å². The highest BCUT2D eigenvalue weighted by Gasteiger charge is 2.38. The second kappa shape index (κ2) is 6.86. The third kappa shape index (κ3) is 3.61. The first-order valence-corrected chi connectivity index (χ1v) is 9.72. The van der Waals surface area contributed by atoms with Crippen LogP contribution >= 0.6 is 11.3 Å². The normalized spacial score (nSPS) is 20.2. The Bertz CT molecular complexity index is 750. The fourth-order valence-corrected chi connectivity index (χ4v) is 5.17. The van der Waals surface area contributed by atoms with Gasteiger partial charge in [-0.25, -0.2) is 0 Å². The fourth-order valence-electron chi connectivity index (χ4n) is 4.11. The maximum Gasteiger partial charge on any atom is 0.269 e. The molecule has 25 heavy (non-hydrogen) atoms. The zero-order valence-corrected chi connectivity index (χ0v) is 15.1. The van der Waals surface area contributed by atoms with Crippen LogP contribution in [0.5, 0.6) is 0 Å². The van der Waals surface area contributed by atoms with Gasteiger partial charge in [-0.2, -0.15) is 0 Å². The van der Waals surface area contributed by atoms with Crippen molar-refractivity contribution in [3.05, 3.63) is 51.4 Å². The minimum Gasteiger partial charge on any atom is -0.317 e. The largest absolute Gasteiger partial charge is 0.317 e. The molecule has 0 unspecified atom stereocenters. The van der Waals surface area contributed by atoms with E-state index in [-0.39, 0.29) is 10.6 Å². The van der Waals surface area contributed by atoms with E-state index >= 15 is 0 Å². The number of hydrogen-bond donors (Lipinski definition) is 1. The van der Waals surface area contributed by atoms with Gasteiger partial charge in [0.25, 0.3) is 5.69 Å². The van der Waals surface area contributed by atoms with Crippen molar-refractivity contribution >= 4 is 17.0 Å². The fraction of sp³-hybridized carbons (Fsp3) is 0.474. The molecule has 2 fully saturated rings. The van der Waals surface area contributed by atoms with Crippen LogP contribution < -0.4 is 5.32 Å². The lowest BCUT2D eigenvalue weighted by molar-refractivity contribution is -0.384. The van der Waals surface area contributed by atoms with Crippen LogP contribution in [0.2, 0.25) is 0 Å². The molecule has 132 valence electrons. The maximum absolute atomic E-state index is 10.8. The Morgan fingerprint density at radius 1 is 1.12 bits per heavy atom. The molecule has 0 aliphatic carbocycles. The molecule has 2 aliphatic heterocycles. The van der Waals surface area contributed by atoms with Gasteiger partial charge in [-0.05, 0) is 74.1 Å². The number of thiophene rings is 1. The smallest absolute Gasteiger partial charge is 0.269 e. The summed E-state index contributed by atoms with van der Waals surface area (Å²) in [5, 5.41) is 14.2. The Hall–Kier alpha value is -1.76. The molecule has 5 nitrogen and oxygen atoms in total. The van der Waals surface area contributed by atoms with Crippen molar-refractivity contribution in [2.24, 2.45) is 5.41 Å². The van der Waals surface area contributed by atoms with E-state index in [1.807, 2.05) is 12.1 Å². The predicted octanol–water partition coefficient (Wildman–Crippen LogP) is 3.90. The molecule has 3 heterocycles. The number of nitro benzene ring substituents is 1. The molecule has 0 atom stereocenters. The third-order valence-electron chi connectivity index (χ3n) is 5.59. The number of nitrogens with one attached hydrogen (secondary N) is 1. The van der Waals surface area contributed by atoms with Gasteiger partial charge in [0.05, 0.1) is 4.92 Å². The number of benzene rings is 1. The average Bonchev–Trinajstić information content (AvgIpc) is 3.24. The topological polar surface area (TPSA) is 58.4 Å². The molecule has 1 spiro atoms. The SMILES string of the molecule is O=[N+]([O-])c1ccc(-c2ccc(CN3CCC4(CCNCC4)C3)s2)cc1. The summed E-state index contributed by atoms with van der Waals surface area (Å²) in [6.07, 6.45) is 3.94. The highest BCUT2D eigenvalue weighted by molar-refractivity contribution is 7.15. The van der Waals surface area contributed by atoms with Gasteiger partial charge in [0.1, 0.15) is 0 Å². The van der Waals surface area contributed by atoms with Gasteiger partial charge in [0, 0.05) is 35.0 Å². The Balaban J connectivity index is 1.41. The highest BCUT2D eigenvalue weighted by Crippen LogP contribution is 2.39. The first-order valence-electron chi connectivity index (χ1n) is 8.90. The first-order chi connectivity index (χ1) is 12.1. The van der Waals surface area contributed by atoms with Crippen LogP contribution in [0.25, 0.3) is 10.4 Å². The van der Waals surface area contributed by atoms with Crippen molar-refractivity contribution in [3.8, 4) is 10.4 Å². The lowest BCUT2D eigenvalue weighted by atomic mass is 9.78. The molecule has 2 aromatic rings. The van der Waals surface area contributed by atoms with Gasteiger partial charge in [0.2, 0.25) is 0 Å². The molecular formula is C19H23N3O2S. The standard InChI is InChI=1S/C19H23N3O2S/c23-22(24)16-3-1-15(2-4-16)18-6-5-17(25-18)13-21-12-9-19(14-21)7-10-20-11-8-19/h1-6,20H,7-14H2. The van der Waals surface area contributed by atoms with Crippen LogP contribution in [0.3, 0.4) is 0 Å². The van der Waals surface area contributed by atoms with E-state index < -0.39 is 0 Å². The molecule has 1 N–H and O–H groups in total. The third-order valence-corrected chi connectivity index (χ3v) is 6.70. The average molecular weight is 357 g/mol. The summed E-state index contributed by atoms with van der Waals surface area (Å²) in [5.41, 5.74) is 1.74. The van der Waals surface area contributed by atoms with Crippen molar-refractivity contribution in [2.75, 3.05) is 26.2 Å². The van der Waals surface area contributed by atoms with E-state index in [0.29, 0.717) is 5.41 Å². The van der Waals surface area contributed by atoms with E-state index in [0.717, 1.165) is 25.2 Å². The van der Waals surface area contributed by atoms with Gasteiger partial charge in [-0.15, -0.1) is 11.3 Å². The van der Waals surface area contributed by atoms with Crippen molar-refractivity contribution in [2.45, 2.75) is 25.8 Å². The number of nitro groups is 1. The lowest BCUT2D eigenvalue weighted by Crippen LogP contribution is -2.38. The molecule has 4 rings (SSSR count). The molecule has 0 radical (unpaired) electrons. The molecule has 0 saturated carbocycles. The summed E-state index contributed by atoms with van der Waals surface area (Å²) < 4.78 is 0. The highest BCUT2D eigenvalue weighted by atomic mass is 32.1. The second-order valence-corrected chi connectivity index (χ2v) is 8.45. The Morgan fingerprint density at radius 3 is 2.60 bits per heavy atom. The van der Waals surface area contributed by atoms with Gasteiger partial charge in [-0.3, -0.25) is 15.0 Å². The molecule has 2 aliphatic rings. The number of likely N-dealkylation sites (tertiary alicyclic amines) is 1. The summed E-state index contributed by atoms with van der Waals surface area (Å²) >= 11 is 1.80. The molecule has 0 bridgehead atoms. The Kier molecular flexibility index (Phi) is 4.58. The van der Waals surface area contributed by atoms with Crippen LogP contribution in [0.1, 0.15) is 24.1 Å². The zero-order valence-electron chi connectivity index (χ0n) is 14.2. The number of nitrogens with zero attached hydrogens (tertiary/aromatic N) is 2. The molecule has 0 amide bonds. The van der Waals surface area contributed by atoms with Crippen LogP contribution in [0.15, 0.2) is 36.4 Å². The van der Waals surface area contributed by atoms with E-state index in [1.165, 1.54) is 42.1 Å². The van der Waals surface area contributed by atoms with E-state index in [4.69, 9.17) is 0 Å². The number of rotatable bonds is 4. The van der Waals surface area contributed by atoms with Gasteiger partial charge in [0.15, 0.2) is 0 Å². The van der Waals surface area contributed by atoms with Crippen LogP contribution in [-0.2, 0) is 6.54 Å². The molecule has 1 aromatic carbocycles. The predicted molar refractivity (Wildman–Crippen MR) is 101 cm³/mol. The number of hydrogen-bond acceptors (Lipinski definition) is 5. The van der Waals surface area contributed by atoms with Crippen molar-refractivity contribution in [1.29, 1.82) is 0 Å². The van der Waals surface area contributed by atoms with Gasteiger partial charge in [-0.1, -0.05) is 0 Å². The molecule has 6 heteroatoms. The summed E-state index contributed by atoms with van der Waals surface area (Å²) in [6, 6.07) is 11.2. The minimum atomic E-state index is -0.354. The monoisotopic (exact) mass is 357 g/mol. The maximum atomic E-state index is 10.8. The lowest BCUT2D eigenvalue weighted by Gasteiger charge is -2.33. The van der Waals surface area contributed by atoms with Crippen LogP contribution in [-0.4, -0.2) is 36.0 Å². The Morgan fingerprint density at radius 2 is 1.88 bits per heavy atom. The molecule has 2 saturated heterocycles. The van der Waals surface area contributed by atoms with E-state index in [2.05, 4.69) is 22.3 Å². The minimum absolute atomic E-state index is 0.143. The van der Waals surface area contributed by atoms with Crippen LogP contribution in [0.4, 0.5) is 5.69 Å². The van der Waals surface area contributed by atoms with Crippen molar-refractivity contribution < 1.29 is 4.92 Å². The van der Waals surface area contributed by atoms with Crippen LogP contribution in [0, 0.1) is 15.5 Å². The summed E-state index contributed by atoms with van der Waals surface area (Å²) in [7, 11) is 0. The Labute approximate surface area is 151 Å². The summed E-state index contributed by atoms with van der Waals surface area (Å²) in [4.78, 5) is 15.6. The first kappa shape index (κ1) is 16.7. The summed E-state index contributed by atoms with van der Waals surface area (Å²) in [5.74, 6) is 0. The van der Waals surface area contributed by atoms with Gasteiger partial charge >= 0.3 is 0 Å². The van der Waals surface area contributed by atoms with E-state index in [1.54, 1.807) is 23.5 Å². The van der Waals surface area contributed by atoms with Crippen molar-refractivity contribution in [1.82, 2.24) is 10.2 Å². The second-order valence-electron chi connectivity index (χ2n) is 7.28. The summed E-state index contributed by atoms with van der Waals surface area (Å²) in [6.45, 7) is 5.77. The molecule has 1 aromatic heterocycles. The zero-order chi connectivity index (χ0) is 17.3. The number of piperidine rings is 1. The van der Waals surface area contributed by atoms with Crippen molar-refractivity contribution in [3.63, 3.8) is 0 Å². The molecular weight excluding hydrogens is 334 g/mol. The number of non-ortho nitro benzene ring substituents is 1. The quantitative estimate of drug-likeness (QED) is 0.666.